The Morgan fingerprint density at radius 3 is 1.70 bits per heavy atom. The Balaban J connectivity index is 2.55. The minimum atomic E-state index is -1.83. The summed E-state index contributed by atoms with van der Waals surface area (Å²) in [4.78, 5) is 61.2. The minimum Gasteiger partial charge on any atom is -0.463 e. The molecule has 18 nitrogen and oxygen atoms in total. The lowest BCUT2D eigenvalue weighted by Crippen LogP contribution is -2.66. The number of nitrogens with zero attached hydrogens (tertiary/aromatic N) is 3. The van der Waals surface area contributed by atoms with Gasteiger partial charge in [0.2, 0.25) is 0 Å². The highest BCUT2D eigenvalue weighted by molar-refractivity contribution is 5.68. The van der Waals surface area contributed by atoms with Gasteiger partial charge in [-0.15, -0.1) is 0 Å². The van der Waals surface area contributed by atoms with Crippen molar-refractivity contribution in [3.63, 3.8) is 0 Å². The van der Waals surface area contributed by atoms with E-state index in [0.29, 0.717) is 0 Å². The van der Waals surface area contributed by atoms with Crippen LogP contribution in [0.4, 0.5) is 0 Å². The monoisotopic (exact) mass is 577 g/mol. The Kier molecular flexibility index (Phi) is 12.0. The molecule has 2 aliphatic heterocycles. The maximum absolute atomic E-state index is 12.1. The molecule has 0 unspecified atom stereocenters. The molecule has 224 valence electrons. The van der Waals surface area contributed by atoms with E-state index in [9.17, 15) is 34.2 Å². The summed E-state index contributed by atoms with van der Waals surface area (Å²) in [5, 5.41) is 24.6. The molecule has 0 aromatic carbocycles. The second-order valence-corrected chi connectivity index (χ2v) is 8.72. The van der Waals surface area contributed by atoms with Crippen molar-refractivity contribution in [3.8, 4) is 0 Å². The van der Waals surface area contributed by atoms with Crippen molar-refractivity contribution < 1.29 is 72.1 Å². The Morgan fingerprint density at radius 1 is 0.700 bits per heavy atom. The first-order valence-corrected chi connectivity index (χ1v) is 11.9. The van der Waals surface area contributed by atoms with Crippen LogP contribution in [0, 0.1) is 0 Å². The fourth-order valence-electron chi connectivity index (χ4n) is 4.00. The first-order valence-electron chi connectivity index (χ1n) is 11.9. The van der Waals surface area contributed by atoms with Gasteiger partial charge in [-0.25, -0.2) is 0 Å². The average Bonchev–Trinajstić information content (AvgIpc) is 2.84. The lowest BCUT2D eigenvalue weighted by atomic mass is 9.96. The van der Waals surface area contributed by atoms with E-state index in [4.69, 9.17) is 43.4 Å². The number of esters is 5. The van der Waals surface area contributed by atoms with Crippen LogP contribution in [0.25, 0.3) is 10.4 Å². The van der Waals surface area contributed by atoms with Gasteiger partial charge in [-0.2, -0.15) is 0 Å². The summed E-state index contributed by atoms with van der Waals surface area (Å²) in [6.07, 6.45) is -16.1. The van der Waals surface area contributed by atoms with Crippen molar-refractivity contribution in [3.05, 3.63) is 10.4 Å². The Bertz CT molecular complexity index is 1000. The standard InChI is InChI=1S/C22H31N3O15/c1-8(26)33-6-13-15(31)16(32)18(35-10(3)28)22(39-13)40-17-14(7-34-9(2)27)38-21(24-25-23)20(37-12(5)30)19(17)36-11(4)29/h13-22,31-32H,6-7H2,1-5H3/t13-,14-,15+,16+,17-,18-,19+,20-,21-,22+/m1/s1. The van der Waals surface area contributed by atoms with Gasteiger partial charge in [0.25, 0.3) is 0 Å². The number of aliphatic hydroxyl groups is 2. The largest absolute Gasteiger partial charge is 0.463 e. The van der Waals surface area contributed by atoms with Crippen molar-refractivity contribution in [2.45, 2.75) is 96.0 Å². The first kappa shape index (κ1) is 32.7. The summed E-state index contributed by atoms with van der Waals surface area (Å²) in [5.41, 5.74) is 9.02. The molecule has 0 amide bonds. The third-order valence-electron chi connectivity index (χ3n) is 5.52. The fourth-order valence-corrected chi connectivity index (χ4v) is 4.00. The molecule has 2 rings (SSSR count). The quantitative estimate of drug-likeness (QED) is 0.101. The van der Waals surface area contributed by atoms with Crippen molar-refractivity contribution in [1.29, 1.82) is 0 Å². The number of hydrogen-bond donors (Lipinski definition) is 2. The van der Waals surface area contributed by atoms with E-state index in [1.807, 2.05) is 0 Å². The van der Waals surface area contributed by atoms with E-state index in [0.717, 1.165) is 34.6 Å². The molecular formula is C22H31N3O15. The molecule has 2 N–H and O–H groups in total. The number of aliphatic hydroxyl groups excluding tert-OH is 2. The second kappa shape index (κ2) is 14.7. The third kappa shape index (κ3) is 9.00. The van der Waals surface area contributed by atoms with Gasteiger partial charge in [-0.1, -0.05) is 5.11 Å². The number of ether oxygens (including phenoxy) is 8. The predicted octanol–water partition coefficient (Wildman–Crippen LogP) is -1.23. The lowest BCUT2D eigenvalue weighted by Gasteiger charge is -2.47. The van der Waals surface area contributed by atoms with Gasteiger partial charge >= 0.3 is 29.8 Å². The maximum atomic E-state index is 12.1. The van der Waals surface area contributed by atoms with E-state index in [1.165, 1.54) is 0 Å². The molecule has 0 aliphatic carbocycles. The zero-order valence-corrected chi connectivity index (χ0v) is 22.2. The van der Waals surface area contributed by atoms with Crippen molar-refractivity contribution in [2.24, 2.45) is 5.11 Å². The Hall–Kier alpha value is -3.54. The summed E-state index contributed by atoms with van der Waals surface area (Å²) < 4.78 is 42.9. The molecule has 0 spiro atoms. The molecule has 0 saturated carbocycles. The molecule has 0 radical (unpaired) electrons. The van der Waals surface area contributed by atoms with Crippen LogP contribution in [0.5, 0.6) is 0 Å². The van der Waals surface area contributed by atoms with E-state index >= 15 is 0 Å². The number of azide groups is 1. The number of carbonyl (C=O) groups is 5. The van der Waals surface area contributed by atoms with E-state index in [2.05, 4.69) is 10.0 Å². The maximum Gasteiger partial charge on any atom is 0.303 e. The van der Waals surface area contributed by atoms with Crippen molar-refractivity contribution in [2.75, 3.05) is 13.2 Å². The molecule has 2 heterocycles. The average molecular weight is 577 g/mol. The van der Waals surface area contributed by atoms with Crippen LogP contribution >= 0.6 is 0 Å². The second-order valence-electron chi connectivity index (χ2n) is 8.72. The van der Waals surface area contributed by atoms with E-state index < -0.39 is 104 Å². The zero-order chi connectivity index (χ0) is 30.1. The van der Waals surface area contributed by atoms with Gasteiger partial charge < -0.3 is 48.1 Å². The van der Waals surface area contributed by atoms with Crippen molar-refractivity contribution in [1.82, 2.24) is 0 Å². The first-order chi connectivity index (χ1) is 18.7. The highest BCUT2D eigenvalue weighted by atomic mass is 16.7. The minimum absolute atomic E-state index is 0.541. The SMILES string of the molecule is CC(=O)OC[C@H]1O[C@@H](O[C@H]2[C@H](OC(C)=O)[C@@H](OC(C)=O)[C@H](N=[N+]=[N-])O[C@@H]2COC(C)=O)[C@H](OC(C)=O)[C@@H](O)[C@H]1O. The van der Waals surface area contributed by atoms with Crippen LogP contribution in [0.2, 0.25) is 0 Å². The number of rotatable bonds is 10. The topological polar surface area (TPSA) is 248 Å². The van der Waals surface area contributed by atoms with E-state index in [1.54, 1.807) is 0 Å². The summed E-state index contributed by atoms with van der Waals surface area (Å²) >= 11 is 0. The van der Waals surface area contributed by atoms with Crippen LogP contribution in [0.1, 0.15) is 34.6 Å². The fraction of sp³-hybridized carbons (Fsp3) is 0.773. The van der Waals surface area contributed by atoms with Crippen LogP contribution in [-0.2, 0) is 61.9 Å². The number of carbonyl (C=O) groups excluding carboxylic acids is 5. The zero-order valence-electron chi connectivity index (χ0n) is 22.2. The molecule has 0 aromatic rings. The summed E-state index contributed by atoms with van der Waals surface area (Å²) in [6, 6.07) is 0. The summed E-state index contributed by atoms with van der Waals surface area (Å²) in [6.45, 7) is 4.14. The molecule has 18 heteroatoms. The third-order valence-corrected chi connectivity index (χ3v) is 5.52. The van der Waals surface area contributed by atoms with Crippen LogP contribution in [0.3, 0.4) is 0 Å². The molecule has 2 fully saturated rings. The van der Waals surface area contributed by atoms with Gasteiger partial charge in [0.15, 0.2) is 30.8 Å². The van der Waals surface area contributed by atoms with E-state index in [-0.39, 0.29) is 0 Å². The highest BCUT2D eigenvalue weighted by Crippen LogP contribution is 2.34. The van der Waals surface area contributed by atoms with Gasteiger partial charge in [-0.05, 0) is 5.53 Å². The molecule has 2 aliphatic rings. The smallest absolute Gasteiger partial charge is 0.303 e. The molecule has 0 aromatic heterocycles. The molecular weight excluding hydrogens is 546 g/mol. The van der Waals surface area contributed by atoms with Gasteiger partial charge in [0.05, 0.1) is 0 Å². The molecule has 2 saturated heterocycles. The van der Waals surface area contributed by atoms with Crippen LogP contribution < -0.4 is 0 Å². The molecule has 10 atom stereocenters. The predicted molar refractivity (Wildman–Crippen MR) is 123 cm³/mol. The summed E-state index contributed by atoms with van der Waals surface area (Å²) in [5.74, 6) is -4.16. The lowest BCUT2D eigenvalue weighted by molar-refractivity contribution is -0.343. The Morgan fingerprint density at radius 2 is 1.20 bits per heavy atom. The van der Waals surface area contributed by atoms with Crippen molar-refractivity contribution >= 4 is 29.8 Å². The van der Waals surface area contributed by atoms with Crippen LogP contribution in [0.15, 0.2) is 5.11 Å². The number of hydrogen-bond acceptors (Lipinski definition) is 16. The van der Waals surface area contributed by atoms with Gasteiger partial charge in [-0.3, -0.25) is 24.0 Å². The Labute approximate surface area is 227 Å². The van der Waals surface area contributed by atoms with Gasteiger partial charge in [0.1, 0.15) is 43.7 Å². The highest BCUT2D eigenvalue weighted by Gasteiger charge is 2.55. The van der Waals surface area contributed by atoms with Crippen LogP contribution in [-0.4, -0.2) is 115 Å². The molecule has 0 bridgehead atoms. The normalized spacial score (nSPS) is 33.5. The summed E-state index contributed by atoms with van der Waals surface area (Å²) in [7, 11) is 0. The molecule has 40 heavy (non-hydrogen) atoms. The van der Waals surface area contributed by atoms with Gasteiger partial charge in [0, 0.05) is 39.5 Å².